The maximum Gasteiger partial charge on any atom is 0.584 e. The van der Waals surface area contributed by atoms with Gasteiger partial charge in [-0.1, -0.05) is 38.5 Å². The molecule has 2 aliphatic carbocycles. The van der Waals surface area contributed by atoms with Crippen molar-refractivity contribution in [2.45, 2.75) is 75.6 Å². The topological polar surface area (TPSA) is 89.0 Å². The van der Waals surface area contributed by atoms with E-state index in [1.165, 1.54) is 0 Å². The summed E-state index contributed by atoms with van der Waals surface area (Å²) in [6.45, 7) is 0. The van der Waals surface area contributed by atoms with Crippen molar-refractivity contribution in [2.24, 2.45) is 0 Å². The Morgan fingerprint density at radius 2 is 1.52 bits per heavy atom. The lowest BCUT2D eigenvalue weighted by atomic mass is 9.98. The monoisotopic (exact) mass is 334 g/mol. The summed E-state index contributed by atoms with van der Waals surface area (Å²) in [7, 11) is 0. The van der Waals surface area contributed by atoms with Crippen molar-refractivity contribution in [1.82, 2.24) is 0 Å². The molecule has 2 aliphatic rings. The number of hydrogen-bond donors (Lipinski definition) is 0. The molecule has 120 valence electrons. The molecule has 2 unspecified atom stereocenters. The van der Waals surface area contributed by atoms with Crippen LogP contribution < -0.4 is 0 Å². The molecule has 2 atom stereocenters. The molecular formula is C13H22N2O4S2. The zero-order valence-electron chi connectivity index (χ0n) is 12.1. The summed E-state index contributed by atoms with van der Waals surface area (Å²) >= 11 is -3.62. The van der Waals surface area contributed by atoms with Gasteiger partial charge in [-0.3, -0.25) is 4.18 Å². The second-order valence-corrected chi connectivity index (χ2v) is 7.93. The molecule has 0 aromatic carbocycles. The Kier molecular flexibility index (Phi) is 7.03. The van der Waals surface area contributed by atoms with Gasteiger partial charge < -0.3 is 9.71 Å². The lowest BCUT2D eigenvalue weighted by Crippen LogP contribution is -2.28. The van der Waals surface area contributed by atoms with E-state index in [0.29, 0.717) is 0 Å². The van der Waals surface area contributed by atoms with Crippen molar-refractivity contribution in [3.63, 3.8) is 0 Å². The largest absolute Gasteiger partial charge is 0.584 e. The van der Waals surface area contributed by atoms with E-state index in [0.717, 1.165) is 64.2 Å². The first-order valence-electron chi connectivity index (χ1n) is 7.60. The first-order chi connectivity index (χ1) is 10.2. The number of rotatable bonds is 4. The van der Waals surface area contributed by atoms with Crippen LogP contribution in [0.5, 0.6) is 0 Å². The fraction of sp³-hybridized carbons (Fsp3) is 0.923. The van der Waals surface area contributed by atoms with Gasteiger partial charge in [0, 0.05) is 0 Å². The van der Waals surface area contributed by atoms with Crippen molar-refractivity contribution in [3.8, 4) is 0 Å². The van der Waals surface area contributed by atoms with Crippen molar-refractivity contribution in [1.29, 1.82) is 0 Å². The van der Waals surface area contributed by atoms with Crippen LogP contribution in [-0.2, 0) is 30.5 Å². The Hall–Kier alpha value is -0.560. The molecule has 2 fully saturated rings. The van der Waals surface area contributed by atoms with Crippen LogP contribution in [0.1, 0.15) is 64.2 Å². The number of hydrogen-bond acceptors (Lipinski definition) is 4. The summed E-state index contributed by atoms with van der Waals surface area (Å²) in [4.78, 5) is 2.86. The Bertz CT molecular complexity index is 439. The van der Waals surface area contributed by atoms with E-state index in [4.69, 9.17) is 13.9 Å². The molecule has 0 heterocycles. The van der Waals surface area contributed by atoms with Gasteiger partial charge in [-0.15, -0.1) is 4.79 Å². The molecule has 0 aromatic heterocycles. The van der Waals surface area contributed by atoms with Gasteiger partial charge in [0.15, 0.2) is 0 Å². The Morgan fingerprint density at radius 3 is 2.10 bits per heavy atom. The van der Waals surface area contributed by atoms with E-state index in [2.05, 4.69) is 4.79 Å². The minimum Gasteiger partial charge on any atom is -0.356 e. The standard InChI is InChI=1S/C13H22N2O4S2/c14-15-13(19-20(16)12-9-5-2-6-10-12)21(17)18-11-7-3-1-4-8-11/h11-12H,1-10H2. The third-order valence-corrected chi connectivity index (χ3v) is 6.32. The third kappa shape index (κ3) is 5.29. The van der Waals surface area contributed by atoms with Gasteiger partial charge in [0.25, 0.3) is 0 Å². The minimum atomic E-state index is -2.00. The molecule has 0 aliphatic heterocycles. The third-order valence-electron chi connectivity index (χ3n) is 3.98. The van der Waals surface area contributed by atoms with E-state index in [-0.39, 0.29) is 11.4 Å². The molecule has 21 heavy (non-hydrogen) atoms. The average molecular weight is 334 g/mol. The molecule has 2 rings (SSSR count). The first kappa shape index (κ1) is 16.8. The highest BCUT2D eigenvalue weighted by Gasteiger charge is 2.32. The SMILES string of the molecule is [N-]=[N+]=C(OS(=O)C1CCCCC1)S(=O)OC1CCCCC1. The van der Waals surface area contributed by atoms with Gasteiger partial charge in [0.05, 0.1) is 11.4 Å². The van der Waals surface area contributed by atoms with E-state index < -0.39 is 27.4 Å². The zero-order chi connectivity index (χ0) is 15.1. The van der Waals surface area contributed by atoms with Crippen LogP contribution in [-0.4, -0.2) is 29.8 Å². The Balaban J connectivity index is 1.85. The molecular weight excluding hydrogens is 312 g/mol. The van der Waals surface area contributed by atoms with Crippen LogP contribution in [0.25, 0.3) is 5.53 Å². The quantitative estimate of drug-likeness (QED) is 0.342. The highest BCUT2D eigenvalue weighted by Crippen LogP contribution is 2.24. The molecule has 0 bridgehead atoms. The maximum absolute atomic E-state index is 12.1. The van der Waals surface area contributed by atoms with Gasteiger partial charge in [-0.2, -0.15) is 0 Å². The molecule has 0 N–H and O–H groups in total. The number of nitrogens with zero attached hydrogens (tertiary/aromatic N) is 2. The fourth-order valence-corrected chi connectivity index (χ4v) is 4.84. The molecule has 2 saturated carbocycles. The van der Waals surface area contributed by atoms with Gasteiger partial charge in [-0.25, -0.2) is 8.42 Å². The summed E-state index contributed by atoms with van der Waals surface area (Å²) in [6.07, 6.45) is 9.66. The van der Waals surface area contributed by atoms with Crippen molar-refractivity contribution < 1.29 is 21.6 Å². The lowest BCUT2D eigenvalue weighted by Gasteiger charge is -2.20. The predicted molar refractivity (Wildman–Crippen MR) is 80.8 cm³/mol. The average Bonchev–Trinajstić information content (AvgIpc) is 2.54. The summed E-state index contributed by atoms with van der Waals surface area (Å²) in [6, 6.07) is 0. The maximum atomic E-state index is 12.1. The molecule has 0 aromatic rings. The molecule has 0 radical (unpaired) electrons. The Labute approximate surface area is 130 Å². The molecule has 8 heteroatoms. The van der Waals surface area contributed by atoms with Gasteiger partial charge in [0.2, 0.25) is 11.1 Å². The predicted octanol–water partition coefficient (Wildman–Crippen LogP) is 2.60. The summed E-state index contributed by atoms with van der Waals surface area (Å²) in [5.41, 5.74) is 8.93. The fourth-order valence-electron chi connectivity index (χ4n) is 2.80. The summed E-state index contributed by atoms with van der Waals surface area (Å²) in [5, 5.41) is -0.563. The Morgan fingerprint density at radius 1 is 0.952 bits per heavy atom. The lowest BCUT2D eigenvalue weighted by molar-refractivity contribution is -0.0202. The molecule has 0 amide bonds. The van der Waals surface area contributed by atoms with Crippen LogP contribution in [0.4, 0.5) is 0 Å². The van der Waals surface area contributed by atoms with E-state index >= 15 is 0 Å². The van der Waals surface area contributed by atoms with Crippen LogP contribution in [0, 0.1) is 0 Å². The van der Waals surface area contributed by atoms with Gasteiger partial charge >= 0.3 is 16.3 Å². The smallest absolute Gasteiger partial charge is 0.356 e. The molecule has 0 saturated heterocycles. The van der Waals surface area contributed by atoms with E-state index in [9.17, 15) is 8.42 Å². The molecule has 0 spiro atoms. The van der Waals surface area contributed by atoms with Crippen LogP contribution in [0.3, 0.4) is 0 Å². The summed E-state index contributed by atoms with van der Waals surface area (Å²) < 4.78 is 34.5. The normalized spacial score (nSPS) is 24.0. The highest BCUT2D eigenvalue weighted by molar-refractivity contribution is 7.97. The summed E-state index contributed by atoms with van der Waals surface area (Å²) in [5.74, 6) is 0. The van der Waals surface area contributed by atoms with Gasteiger partial charge in [0.1, 0.15) is 0 Å². The molecule has 6 nitrogen and oxygen atoms in total. The zero-order valence-corrected chi connectivity index (χ0v) is 13.7. The van der Waals surface area contributed by atoms with Gasteiger partial charge in [-0.05, 0) is 25.7 Å². The van der Waals surface area contributed by atoms with Crippen molar-refractivity contribution in [2.75, 3.05) is 0 Å². The van der Waals surface area contributed by atoms with Crippen molar-refractivity contribution >= 4 is 27.4 Å². The first-order valence-corrected chi connectivity index (χ1v) is 9.82. The highest BCUT2D eigenvalue weighted by atomic mass is 32.2. The minimum absolute atomic E-state index is 0.0813. The van der Waals surface area contributed by atoms with E-state index in [1.807, 2.05) is 0 Å². The van der Waals surface area contributed by atoms with Crippen LogP contribution in [0.2, 0.25) is 0 Å². The second-order valence-electron chi connectivity index (χ2n) is 5.56. The van der Waals surface area contributed by atoms with Crippen LogP contribution >= 0.6 is 0 Å². The van der Waals surface area contributed by atoms with Crippen molar-refractivity contribution in [3.05, 3.63) is 5.53 Å². The van der Waals surface area contributed by atoms with E-state index in [1.54, 1.807) is 0 Å². The van der Waals surface area contributed by atoms with Crippen LogP contribution in [0.15, 0.2) is 0 Å². The second kappa shape index (κ2) is 8.78.